The van der Waals surface area contributed by atoms with Crippen LogP contribution in [0.3, 0.4) is 0 Å². The number of ketones is 1. The summed E-state index contributed by atoms with van der Waals surface area (Å²) in [5, 5.41) is 15.1. The van der Waals surface area contributed by atoms with Gasteiger partial charge < -0.3 is 0 Å². The van der Waals surface area contributed by atoms with Crippen LogP contribution in [0.1, 0.15) is 35.7 Å². The number of aromatic nitrogens is 3. The highest BCUT2D eigenvalue weighted by Crippen LogP contribution is 2.20. The zero-order chi connectivity index (χ0) is 18.7. The standard InChI is InChI=1S/C19H18N4O3/c1-13(2)14-6-8-15(9-7-14)18(24)11-22-12-20-19(21-22)16-4-3-5-17(10-16)23(25)26/h3-10,12-13H,11H2,1-2H3. The van der Waals surface area contributed by atoms with E-state index in [-0.39, 0.29) is 18.0 Å². The molecule has 132 valence electrons. The molecule has 0 aliphatic carbocycles. The summed E-state index contributed by atoms with van der Waals surface area (Å²) in [6.07, 6.45) is 1.45. The zero-order valence-corrected chi connectivity index (χ0v) is 14.5. The molecule has 3 rings (SSSR count). The highest BCUT2D eigenvalue weighted by Gasteiger charge is 2.12. The van der Waals surface area contributed by atoms with E-state index in [2.05, 4.69) is 23.9 Å². The van der Waals surface area contributed by atoms with E-state index in [0.29, 0.717) is 22.9 Å². The lowest BCUT2D eigenvalue weighted by Crippen LogP contribution is -2.11. The van der Waals surface area contributed by atoms with Gasteiger partial charge in [-0.15, -0.1) is 0 Å². The van der Waals surface area contributed by atoms with Crippen LogP contribution in [0.4, 0.5) is 5.69 Å². The monoisotopic (exact) mass is 350 g/mol. The van der Waals surface area contributed by atoms with Crippen LogP contribution in [0.15, 0.2) is 54.9 Å². The van der Waals surface area contributed by atoms with Crippen molar-refractivity contribution in [1.29, 1.82) is 0 Å². The van der Waals surface area contributed by atoms with Gasteiger partial charge in [0.1, 0.15) is 12.9 Å². The molecule has 0 spiro atoms. The van der Waals surface area contributed by atoms with Crippen LogP contribution in [0, 0.1) is 10.1 Å². The Balaban J connectivity index is 1.75. The molecule has 0 bridgehead atoms. The average Bonchev–Trinajstić information content (AvgIpc) is 3.10. The Hall–Kier alpha value is -3.35. The van der Waals surface area contributed by atoms with Gasteiger partial charge in [0.25, 0.3) is 5.69 Å². The minimum Gasteiger partial charge on any atom is -0.292 e. The summed E-state index contributed by atoms with van der Waals surface area (Å²) in [6.45, 7) is 4.26. The largest absolute Gasteiger partial charge is 0.292 e. The van der Waals surface area contributed by atoms with Crippen molar-refractivity contribution in [2.24, 2.45) is 0 Å². The minimum atomic E-state index is -0.467. The van der Waals surface area contributed by atoms with E-state index in [1.807, 2.05) is 24.3 Å². The number of rotatable bonds is 6. The van der Waals surface area contributed by atoms with Gasteiger partial charge in [0, 0.05) is 23.3 Å². The quantitative estimate of drug-likeness (QED) is 0.382. The van der Waals surface area contributed by atoms with Crippen LogP contribution in [0.2, 0.25) is 0 Å². The smallest absolute Gasteiger partial charge is 0.270 e. The second-order valence-corrected chi connectivity index (χ2v) is 6.27. The first-order valence-electron chi connectivity index (χ1n) is 8.21. The van der Waals surface area contributed by atoms with Crippen LogP contribution < -0.4 is 0 Å². The molecule has 3 aromatic rings. The van der Waals surface area contributed by atoms with Gasteiger partial charge in [-0.05, 0) is 11.5 Å². The number of benzene rings is 2. The topological polar surface area (TPSA) is 90.9 Å². The third kappa shape index (κ3) is 3.83. The van der Waals surface area contributed by atoms with Crippen molar-refractivity contribution in [2.45, 2.75) is 26.3 Å². The molecule has 0 fully saturated rings. The first-order chi connectivity index (χ1) is 12.4. The summed E-state index contributed by atoms with van der Waals surface area (Å²) in [5.74, 6) is 0.680. The number of carbonyl (C=O) groups is 1. The van der Waals surface area contributed by atoms with Gasteiger partial charge in [-0.3, -0.25) is 14.9 Å². The Morgan fingerprint density at radius 2 is 1.92 bits per heavy atom. The van der Waals surface area contributed by atoms with E-state index in [1.54, 1.807) is 12.1 Å². The Morgan fingerprint density at radius 3 is 2.58 bits per heavy atom. The van der Waals surface area contributed by atoms with E-state index in [9.17, 15) is 14.9 Å². The molecular weight excluding hydrogens is 332 g/mol. The molecule has 0 aliphatic heterocycles. The Bertz CT molecular complexity index is 945. The molecule has 0 N–H and O–H groups in total. The summed E-state index contributed by atoms with van der Waals surface area (Å²) in [7, 11) is 0. The molecule has 0 radical (unpaired) electrons. The van der Waals surface area contributed by atoms with Crippen molar-refractivity contribution >= 4 is 11.5 Å². The Labute approximate surface area is 150 Å². The number of nitro groups is 1. The molecule has 1 aromatic heterocycles. The second kappa shape index (κ2) is 7.26. The molecule has 1 heterocycles. The number of hydrogen-bond acceptors (Lipinski definition) is 5. The van der Waals surface area contributed by atoms with Gasteiger partial charge in [-0.1, -0.05) is 50.2 Å². The Morgan fingerprint density at radius 1 is 1.19 bits per heavy atom. The molecule has 0 aliphatic rings. The number of Topliss-reactive ketones (excluding diaryl/α,β-unsaturated/α-hetero) is 1. The summed E-state index contributed by atoms with van der Waals surface area (Å²) in [4.78, 5) is 27.0. The van der Waals surface area contributed by atoms with Crippen LogP contribution >= 0.6 is 0 Å². The highest BCUT2D eigenvalue weighted by molar-refractivity contribution is 5.95. The van der Waals surface area contributed by atoms with Crippen molar-refractivity contribution in [3.63, 3.8) is 0 Å². The minimum absolute atomic E-state index is 0.0276. The molecule has 26 heavy (non-hydrogen) atoms. The molecule has 7 nitrogen and oxygen atoms in total. The first-order valence-corrected chi connectivity index (χ1v) is 8.21. The molecule has 0 unspecified atom stereocenters. The third-order valence-electron chi connectivity index (χ3n) is 4.06. The summed E-state index contributed by atoms with van der Waals surface area (Å²) >= 11 is 0. The van der Waals surface area contributed by atoms with Crippen molar-refractivity contribution < 1.29 is 9.72 Å². The normalized spacial score (nSPS) is 10.9. The van der Waals surface area contributed by atoms with Gasteiger partial charge in [0.15, 0.2) is 11.6 Å². The fourth-order valence-electron chi connectivity index (χ4n) is 2.55. The summed E-state index contributed by atoms with van der Waals surface area (Å²) in [6, 6.07) is 13.6. The zero-order valence-electron chi connectivity index (χ0n) is 14.5. The molecule has 0 saturated heterocycles. The predicted octanol–water partition coefficient (Wildman–Crippen LogP) is 3.86. The SMILES string of the molecule is CC(C)c1ccc(C(=O)Cn2cnc(-c3cccc([N+](=O)[O-])c3)n2)cc1. The Kier molecular flexibility index (Phi) is 4.88. The van der Waals surface area contributed by atoms with Crippen LogP contribution in [0.25, 0.3) is 11.4 Å². The van der Waals surface area contributed by atoms with Crippen molar-refractivity contribution in [2.75, 3.05) is 0 Å². The molecule has 0 atom stereocenters. The van der Waals surface area contributed by atoms with E-state index < -0.39 is 4.92 Å². The lowest BCUT2D eigenvalue weighted by molar-refractivity contribution is -0.384. The number of hydrogen-bond donors (Lipinski definition) is 0. The van der Waals surface area contributed by atoms with Crippen LogP contribution in [-0.2, 0) is 6.54 Å². The van der Waals surface area contributed by atoms with Gasteiger partial charge in [-0.2, -0.15) is 5.10 Å². The lowest BCUT2D eigenvalue weighted by Gasteiger charge is -2.06. The fourth-order valence-corrected chi connectivity index (χ4v) is 2.55. The van der Waals surface area contributed by atoms with Gasteiger partial charge in [-0.25, -0.2) is 9.67 Å². The van der Waals surface area contributed by atoms with Crippen molar-refractivity contribution in [1.82, 2.24) is 14.8 Å². The average molecular weight is 350 g/mol. The lowest BCUT2D eigenvalue weighted by atomic mass is 10.0. The van der Waals surface area contributed by atoms with Gasteiger partial charge in [0.2, 0.25) is 0 Å². The maximum absolute atomic E-state index is 12.4. The van der Waals surface area contributed by atoms with Gasteiger partial charge >= 0.3 is 0 Å². The molecule has 0 amide bonds. The summed E-state index contributed by atoms with van der Waals surface area (Å²) < 4.78 is 1.44. The fraction of sp³-hybridized carbons (Fsp3) is 0.211. The second-order valence-electron chi connectivity index (χ2n) is 6.27. The van der Waals surface area contributed by atoms with E-state index in [1.165, 1.54) is 28.7 Å². The number of nitro benzene ring substituents is 1. The van der Waals surface area contributed by atoms with Gasteiger partial charge in [0.05, 0.1) is 4.92 Å². The molecule has 2 aromatic carbocycles. The number of nitrogens with zero attached hydrogens (tertiary/aromatic N) is 4. The maximum Gasteiger partial charge on any atom is 0.270 e. The highest BCUT2D eigenvalue weighted by atomic mass is 16.6. The predicted molar refractivity (Wildman–Crippen MR) is 97.0 cm³/mol. The van der Waals surface area contributed by atoms with E-state index in [4.69, 9.17) is 0 Å². The van der Waals surface area contributed by atoms with Crippen LogP contribution in [0.5, 0.6) is 0 Å². The first kappa shape index (κ1) is 17.5. The third-order valence-corrected chi connectivity index (χ3v) is 4.06. The molecule has 7 heteroatoms. The number of carbonyl (C=O) groups excluding carboxylic acids is 1. The summed E-state index contributed by atoms with van der Waals surface area (Å²) in [5.41, 5.74) is 2.30. The van der Waals surface area contributed by atoms with E-state index >= 15 is 0 Å². The molecule has 0 saturated carbocycles. The molecular formula is C19H18N4O3. The maximum atomic E-state index is 12.4. The van der Waals surface area contributed by atoms with E-state index in [0.717, 1.165) is 0 Å². The van der Waals surface area contributed by atoms with Crippen molar-refractivity contribution in [3.05, 3.63) is 76.1 Å². The number of non-ortho nitro benzene ring substituents is 1. The van der Waals surface area contributed by atoms with Crippen molar-refractivity contribution in [3.8, 4) is 11.4 Å². The van der Waals surface area contributed by atoms with Crippen LogP contribution in [-0.4, -0.2) is 25.5 Å².